The normalized spacial score (nSPS) is 19.3. The van der Waals surface area contributed by atoms with Gasteiger partial charge in [-0.1, -0.05) is 0 Å². The molecule has 0 bridgehead atoms. The lowest BCUT2D eigenvalue weighted by Crippen LogP contribution is -2.35. The van der Waals surface area contributed by atoms with Crippen LogP contribution >= 0.6 is 0 Å². The second kappa shape index (κ2) is 6.64. The van der Waals surface area contributed by atoms with Gasteiger partial charge in [0.1, 0.15) is 5.69 Å². The third-order valence-corrected chi connectivity index (χ3v) is 3.65. The van der Waals surface area contributed by atoms with E-state index >= 15 is 0 Å². The number of aromatic nitrogens is 2. The highest BCUT2D eigenvalue weighted by atomic mass is 16.6. The number of nitrogen functional groups attached to an aromatic ring is 1. The number of piperidine rings is 1. The minimum Gasteiger partial charge on any atom is -0.364 e. The number of hydrogen-bond donors (Lipinski definition) is 3. The molecule has 1 unspecified atom stereocenters. The van der Waals surface area contributed by atoms with Crippen LogP contribution in [0.5, 0.6) is 0 Å². The van der Waals surface area contributed by atoms with Crippen molar-refractivity contribution in [2.24, 2.45) is 11.8 Å². The third kappa shape index (κ3) is 3.76. The first kappa shape index (κ1) is 15.4. The highest BCUT2D eigenvalue weighted by Gasteiger charge is 2.23. The quantitative estimate of drug-likeness (QED) is 0.413. The lowest BCUT2D eigenvalue weighted by molar-refractivity contribution is -0.385. The number of nitrogens with zero attached hydrogens (tertiary/aromatic N) is 4. The van der Waals surface area contributed by atoms with E-state index in [1.807, 2.05) is 0 Å². The van der Waals surface area contributed by atoms with Crippen LogP contribution in [0.25, 0.3) is 0 Å². The van der Waals surface area contributed by atoms with Crippen LogP contribution in [0.1, 0.15) is 18.5 Å². The lowest BCUT2D eigenvalue weighted by atomic mass is 9.98. The van der Waals surface area contributed by atoms with Crippen LogP contribution in [0, 0.1) is 23.0 Å². The Bertz CT molecular complexity index is 523. The molecule has 1 atom stereocenters. The molecule has 2 heterocycles. The molecule has 0 amide bonds. The van der Waals surface area contributed by atoms with Gasteiger partial charge in [-0.3, -0.25) is 15.5 Å². The molecule has 0 saturated carbocycles. The molecule has 21 heavy (non-hydrogen) atoms. The standard InChI is InChI=1S/C12H21N7O2/c1-8-10(19(20)21)11(16-12(15-8)17-13)14-6-9-4-3-5-18(2)7-9/h9H,3-7,13H2,1-2H3,(H2,14,15,16,17). The molecule has 0 aliphatic carbocycles. The van der Waals surface area contributed by atoms with Gasteiger partial charge >= 0.3 is 5.69 Å². The van der Waals surface area contributed by atoms with Gasteiger partial charge in [-0.2, -0.15) is 4.98 Å². The van der Waals surface area contributed by atoms with Crippen LogP contribution in [0.15, 0.2) is 0 Å². The van der Waals surface area contributed by atoms with Crippen LogP contribution < -0.4 is 16.6 Å². The van der Waals surface area contributed by atoms with E-state index in [1.165, 1.54) is 0 Å². The van der Waals surface area contributed by atoms with Crippen molar-refractivity contribution in [1.29, 1.82) is 0 Å². The van der Waals surface area contributed by atoms with E-state index in [0.29, 0.717) is 12.5 Å². The fraction of sp³-hybridized carbons (Fsp3) is 0.667. The van der Waals surface area contributed by atoms with Gasteiger partial charge in [0.15, 0.2) is 0 Å². The number of likely N-dealkylation sites (tertiary alicyclic amines) is 1. The van der Waals surface area contributed by atoms with Gasteiger partial charge in [0.05, 0.1) is 4.92 Å². The van der Waals surface area contributed by atoms with Gasteiger partial charge in [0.2, 0.25) is 11.8 Å². The van der Waals surface area contributed by atoms with E-state index in [2.05, 4.69) is 32.7 Å². The van der Waals surface area contributed by atoms with Gasteiger partial charge < -0.3 is 10.2 Å². The molecule has 9 nitrogen and oxygen atoms in total. The van der Waals surface area contributed by atoms with Crippen molar-refractivity contribution in [2.75, 3.05) is 37.4 Å². The Kier molecular flexibility index (Phi) is 4.86. The fourth-order valence-corrected chi connectivity index (χ4v) is 2.65. The molecule has 1 fully saturated rings. The Labute approximate surface area is 123 Å². The Morgan fingerprint density at radius 1 is 1.52 bits per heavy atom. The first-order valence-corrected chi connectivity index (χ1v) is 6.93. The van der Waals surface area contributed by atoms with Gasteiger partial charge in [-0.15, -0.1) is 0 Å². The summed E-state index contributed by atoms with van der Waals surface area (Å²) in [5.74, 6) is 6.13. The van der Waals surface area contributed by atoms with Crippen molar-refractivity contribution in [3.63, 3.8) is 0 Å². The molecule has 4 N–H and O–H groups in total. The van der Waals surface area contributed by atoms with Crippen molar-refractivity contribution in [2.45, 2.75) is 19.8 Å². The van der Waals surface area contributed by atoms with Gasteiger partial charge in [-0.25, -0.2) is 10.8 Å². The average Bonchev–Trinajstić information content (AvgIpc) is 2.44. The molecule has 0 aromatic carbocycles. The topological polar surface area (TPSA) is 122 Å². The Balaban J connectivity index is 2.14. The predicted octanol–water partition coefficient (Wildman–Crippen LogP) is 0.733. The summed E-state index contributed by atoms with van der Waals surface area (Å²) < 4.78 is 0. The molecule has 1 aliphatic rings. The van der Waals surface area contributed by atoms with Crippen LogP contribution in [-0.4, -0.2) is 46.5 Å². The number of nitrogens with one attached hydrogen (secondary N) is 2. The van der Waals surface area contributed by atoms with Gasteiger partial charge in [-0.05, 0) is 39.3 Å². The summed E-state index contributed by atoms with van der Waals surface area (Å²) in [6.45, 7) is 4.29. The van der Waals surface area contributed by atoms with Gasteiger partial charge in [0, 0.05) is 13.1 Å². The summed E-state index contributed by atoms with van der Waals surface area (Å²) in [6, 6.07) is 0. The first-order valence-electron chi connectivity index (χ1n) is 6.93. The monoisotopic (exact) mass is 295 g/mol. The van der Waals surface area contributed by atoms with E-state index in [4.69, 9.17) is 5.84 Å². The van der Waals surface area contributed by atoms with Crippen LogP contribution in [0.4, 0.5) is 17.5 Å². The van der Waals surface area contributed by atoms with Crippen molar-refractivity contribution < 1.29 is 4.92 Å². The number of aryl methyl sites for hydroxylation is 1. The van der Waals surface area contributed by atoms with E-state index in [1.54, 1.807) is 6.92 Å². The van der Waals surface area contributed by atoms with Crippen LogP contribution in [-0.2, 0) is 0 Å². The smallest absolute Gasteiger partial charge is 0.332 e. The number of hydrogen-bond acceptors (Lipinski definition) is 8. The van der Waals surface area contributed by atoms with Crippen molar-refractivity contribution in [1.82, 2.24) is 14.9 Å². The van der Waals surface area contributed by atoms with E-state index < -0.39 is 4.92 Å². The molecule has 2 rings (SSSR count). The zero-order chi connectivity index (χ0) is 15.4. The maximum atomic E-state index is 11.2. The Morgan fingerprint density at radius 2 is 2.29 bits per heavy atom. The number of hydrazine groups is 1. The van der Waals surface area contributed by atoms with Crippen LogP contribution in [0.2, 0.25) is 0 Å². The lowest BCUT2D eigenvalue weighted by Gasteiger charge is -2.29. The molecule has 1 aromatic rings. The largest absolute Gasteiger partial charge is 0.364 e. The maximum Gasteiger partial charge on any atom is 0.332 e. The Morgan fingerprint density at radius 3 is 2.90 bits per heavy atom. The number of anilines is 2. The number of nitrogens with two attached hydrogens (primary N) is 1. The molecule has 116 valence electrons. The predicted molar refractivity (Wildman–Crippen MR) is 79.9 cm³/mol. The fourth-order valence-electron chi connectivity index (χ4n) is 2.65. The summed E-state index contributed by atoms with van der Waals surface area (Å²) in [7, 11) is 2.08. The second-order valence-electron chi connectivity index (χ2n) is 5.38. The molecule has 0 radical (unpaired) electrons. The van der Waals surface area contributed by atoms with Crippen molar-refractivity contribution in [3.05, 3.63) is 15.8 Å². The second-order valence-corrected chi connectivity index (χ2v) is 5.38. The highest BCUT2D eigenvalue weighted by Crippen LogP contribution is 2.27. The zero-order valence-electron chi connectivity index (χ0n) is 12.3. The SMILES string of the molecule is Cc1nc(NN)nc(NCC2CCCN(C)C2)c1[N+](=O)[O-]. The number of nitro groups is 1. The zero-order valence-corrected chi connectivity index (χ0v) is 12.3. The molecule has 1 aliphatic heterocycles. The summed E-state index contributed by atoms with van der Waals surface area (Å²) in [6.07, 6.45) is 2.25. The third-order valence-electron chi connectivity index (χ3n) is 3.65. The average molecular weight is 295 g/mol. The van der Waals surface area contributed by atoms with Gasteiger partial charge in [0.25, 0.3) is 0 Å². The molecular weight excluding hydrogens is 274 g/mol. The van der Waals surface area contributed by atoms with E-state index in [9.17, 15) is 10.1 Å². The minimum atomic E-state index is -0.467. The molecule has 1 saturated heterocycles. The van der Waals surface area contributed by atoms with E-state index in [0.717, 1.165) is 25.9 Å². The molecule has 1 aromatic heterocycles. The summed E-state index contributed by atoms with van der Waals surface area (Å²) >= 11 is 0. The van der Waals surface area contributed by atoms with Crippen molar-refractivity contribution >= 4 is 17.5 Å². The molecule has 9 heteroatoms. The molecule has 0 spiro atoms. The Hall–Kier alpha value is -2.00. The van der Waals surface area contributed by atoms with Crippen molar-refractivity contribution in [3.8, 4) is 0 Å². The summed E-state index contributed by atoms with van der Waals surface area (Å²) in [4.78, 5) is 21.0. The van der Waals surface area contributed by atoms with E-state index in [-0.39, 0.29) is 23.1 Å². The first-order chi connectivity index (χ1) is 10.0. The maximum absolute atomic E-state index is 11.2. The molecular formula is C12H21N7O2. The highest BCUT2D eigenvalue weighted by molar-refractivity contribution is 5.60. The number of rotatable bonds is 5. The van der Waals surface area contributed by atoms with Crippen LogP contribution in [0.3, 0.4) is 0 Å². The summed E-state index contributed by atoms with van der Waals surface area (Å²) in [5.41, 5.74) is 2.51. The summed E-state index contributed by atoms with van der Waals surface area (Å²) in [5, 5.41) is 14.3. The minimum absolute atomic E-state index is 0.0989.